The Labute approximate surface area is 195 Å². The second-order valence-corrected chi connectivity index (χ2v) is 8.87. The van der Waals surface area contributed by atoms with Crippen molar-refractivity contribution in [2.45, 2.75) is 52.0 Å². The molecule has 2 fully saturated rings. The normalized spacial score (nSPS) is 21.4. The molecular formula is C24H35N3O6. The number of piperazine rings is 1. The Morgan fingerprint density at radius 1 is 1.09 bits per heavy atom. The second-order valence-electron chi connectivity index (χ2n) is 8.87. The van der Waals surface area contributed by atoms with Gasteiger partial charge >= 0.3 is 5.97 Å². The van der Waals surface area contributed by atoms with Crippen LogP contribution >= 0.6 is 0 Å². The van der Waals surface area contributed by atoms with Gasteiger partial charge in [0.15, 0.2) is 12.2 Å². The number of esters is 1. The summed E-state index contributed by atoms with van der Waals surface area (Å²) in [5.74, 6) is -0.0220. The van der Waals surface area contributed by atoms with Crippen LogP contribution in [0.3, 0.4) is 0 Å². The molecule has 1 aromatic rings. The highest BCUT2D eigenvalue weighted by Gasteiger charge is 2.52. The second kappa shape index (κ2) is 11.5. The number of hydrogen-bond donors (Lipinski definition) is 1. The van der Waals surface area contributed by atoms with Crippen molar-refractivity contribution in [2.24, 2.45) is 5.92 Å². The van der Waals surface area contributed by atoms with Gasteiger partial charge in [0.25, 0.3) is 5.91 Å². The van der Waals surface area contributed by atoms with Gasteiger partial charge in [0.05, 0.1) is 13.7 Å². The Kier molecular flexibility index (Phi) is 8.68. The average molecular weight is 462 g/mol. The van der Waals surface area contributed by atoms with E-state index in [-0.39, 0.29) is 18.4 Å². The molecule has 3 rings (SSSR count). The minimum atomic E-state index is -0.882. The van der Waals surface area contributed by atoms with Gasteiger partial charge in [-0.3, -0.25) is 14.5 Å². The van der Waals surface area contributed by atoms with E-state index >= 15 is 0 Å². The Morgan fingerprint density at radius 2 is 1.76 bits per heavy atom. The van der Waals surface area contributed by atoms with Crippen LogP contribution in [0.15, 0.2) is 24.3 Å². The Morgan fingerprint density at radius 3 is 2.33 bits per heavy atom. The lowest BCUT2D eigenvalue weighted by molar-refractivity contribution is -0.144. The lowest BCUT2D eigenvalue weighted by atomic mass is 10.0. The van der Waals surface area contributed by atoms with Gasteiger partial charge in [-0.05, 0) is 37.0 Å². The zero-order chi connectivity index (χ0) is 24.0. The van der Waals surface area contributed by atoms with Crippen LogP contribution in [-0.4, -0.2) is 85.7 Å². The molecule has 0 aromatic heterocycles. The summed E-state index contributed by atoms with van der Waals surface area (Å²) in [6.07, 6.45) is -1.23. The van der Waals surface area contributed by atoms with E-state index in [1.54, 1.807) is 14.0 Å². The summed E-state index contributed by atoms with van der Waals surface area (Å²) in [7, 11) is 1.65. The molecule has 33 heavy (non-hydrogen) atoms. The standard InChI is InChI=1S/C24H35N3O6/c1-5-32-24(30)21-20(33-21)22(28)25-19(14-16(2)3)23(29)27-12-10-26(11-13-27)15-17-6-8-18(31-4)9-7-17/h6-9,16,19-21H,5,10-15H2,1-4H3,(H,25,28)/t19-,20-,21-/m0/s1. The smallest absolute Gasteiger partial charge is 0.338 e. The van der Waals surface area contributed by atoms with E-state index in [2.05, 4.69) is 10.2 Å². The molecule has 2 heterocycles. The van der Waals surface area contributed by atoms with Crippen LogP contribution in [0.4, 0.5) is 0 Å². The molecule has 3 atom stereocenters. The van der Waals surface area contributed by atoms with Gasteiger partial charge in [-0.15, -0.1) is 0 Å². The number of ether oxygens (including phenoxy) is 3. The molecule has 182 valence electrons. The number of methoxy groups -OCH3 is 1. The van der Waals surface area contributed by atoms with Gasteiger partial charge in [0, 0.05) is 32.7 Å². The molecule has 0 spiro atoms. The van der Waals surface area contributed by atoms with Gasteiger partial charge < -0.3 is 24.4 Å². The van der Waals surface area contributed by atoms with Crippen molar-refractivity contribution in [3.8, 4) is 5.75 Å². The summed E-state index contributed by atoms with van der Waals surface area (Å²) in [4.78, 5) is 41.7. The number of carbonyl (C=O) groups excluding carboxylic acids is 3. The molecule has 2 aliphatic heterocycles. The molecule has 0 aliphatic carbocycles. The number of benzene rings is 1. The summed E-state index contributed by atoms with van der Waals surface area (Å²) >= 11 is 0. The summed E-state index contributed by atoms with van der Waals surface area (Å²) in [5, 5.41) is 2.81. The number of epoxide rings is 1. The molecule has 9 nitrogen and oxygen atoms in total. The Bertz CT molecular complexity index is 820. The first-order valence-corrected chi connectivity index (χ1v) is 11.6. The number of carbonyl (C=O) groups is 3. The number of hydrogen-bond acceptors (Lipinski definition) is 7. The van der Waals surface area contributed by atoms with Crippen molar-refractivity contribution in [1.82, 2.24) is 15.1 Å². The van der Waals surface area contributed by atoms with Crippen LogP contribution < -0.4 is 10.1 Å². The van der Waals surface area contributed by atoms with Crippen molar-refractivity contribution in [1.29, 1.82) is 0 Å². The van der Waals surface area contributed by atoms with E-state index in [1.807, 2.05) is 43.0 Å². The van der Waals surface area contributed by atoms with E-state index in [1.165, 1.54) is 5.56 Å². The fourth-order valence-corrected chi connectivity index (χ4v) is 4.00. The zero-order valence-corrected chi connectivity index (χ0v) is 19.9. The zero-order valence-electron chi connectivity index (χ0n) is 19.9. The maximum atomic E-state index is 13.2. The molecule has 1 N–H and O–H groups in total. The molecule has 1 aromatic carbocycles. The van der Waals surface area contributed by atoms with Crippen LogP contribution in [0.1, 0.15) is 32.8 Å². The maximum Gasteiger partial charge on any atom is 0.338 e. The van der Waals surface area contributed by atoms with Crippen LogP contribution in [-0.2, 0) is 30.4 Å². The fourth-order valence-electron chi connectivity index (χ4n) is 4.00. The first-order valence-electron chi connectivity index (χ1n) is 11.6. The van der Waals surface area contributed by atoms with Crippen molar-refractivity contribution in [3.63, 3.8) is 0 Å². The molecule has 2 saturated heterocycles. The van der Waals surface area contributed by atoms with Crippen molar-refractivity contribution >= 4 is 17.8 Å². The first-order chi connectivity index (χ1) is 15.8. The first kappa shape index (κ1) is 25.0. The molecule has 0 bridgehead atoms. The summed E-state index contributed by atoms with van der Waals surface area (Å²) in [6.45, 7) is 9.48. The number of rotatable bonds is 10. The topological polar surface area (TPSA) is 101 Å². The van der Waals surface area contributed by atoms with E-state index in [0.29, 0.717) is 19.5 Å². The van der Waals surface area contributed by atoms with E-state index in [0.717, 1.165) is 25.4 Å². The quantitative estimate of drug-likeness (QED) is 0.413. The predicted octanol–water partition coefficient (Wildman–Crippen LogP) is 1.20. The molecule has 0 saturated carbocycles. The largest absolute Gasteiger partial charge is 0.497 e. The monoisotopic (exact) mass is 461 g/mol. The van der Waals surface area contributed by atoms with Crippen LogP contribution in [0.5, 0.6) is 5.75 Å². The van der Waals surface area contributed by atoms with Crippen molar-refractivity contribution in [2.75, 3.05) is 39.9 Å². The van der Waals surface area contributed by atoms with E-state index < -0.39 is 30.1 Å². The van der Waals surface area contributed by atoms with E-state index in [9.17, 15) is 14.4 Å². The predicted molar refractivity (Wildman–Crippen MR) is 122 cm³/mol. The van der Waals surface area contributed by atoms with Gasteiger partial charge in [-0.2, -0.15) is 0 Å². The van der Waals surface area contributed by atoms with Gasteiger partial charge in [0.1, 0.15) is 11.8 Å². The third kappa shape index (κ3) is 6.91. The fraction of sp³-hybridized carbons (Fsp3) is 0.625. The summed E-state index contributed by atoms with van der Waals surface area (Å²) in [6, 6.07) is 7.36. The lowest BCUT2D eigenvalue weighted by Crippen LogP contribution is -2.55. The average Bonchev–Trinajstić information content (AvgIpc) is 3.60. The molecular weight excluding hydrogens is 426 g/mol. The minimum Gasteiger partial charge on any atom is -0.497 e. The van der Waals surface area contributed by atoms with Crippen molar-refractivity contribution in [3.05, 3.63) is 29.8 Å². The summed E-state index contributed by atoms with van der Waals surface area (Å²) in [5.41, 5.74) is 1.20. The Hall–Kier alpha value is -2.65. The van der Waals surface area contributed by atoms with Gasteiger partial charge in [-0.25, -0.2) is 4.79 Å². The summed E-state index contributed by atoms with van der Waals surface area (Å²) < 4.78 is 15.3. The highest BCUT2D eigenvalue weighted by Crippen LogP contribution is 2.24. The minimum absolute atomic E-state index is 0.0884. The Balaban J connectivity index is 1.51. The van der Waals surface area contributed by atoms with Crippen LogP contribution in [0, 0.1) is 5.92 Å². The molecule has 0 radical (unpaired) electrons. The molecule has 2 amide bonds. The lowest BCUT2D eigenvalue weighted by Gasteiger charge is -2.36. The van der Waals surface area contributed by atoms with Crippen LogP contribution in [0.25, 0.3) is 0 Å². The highest BCUT2D eigenvalue weighted by molar-refractivity contribution is 5.95. The van der Waals surface area contributed by atoms with E-state index in [4.69, 9.17) is 14.2 Å². The third-order valence-corrected chi connectivity index (χ3v) is 5.84. The highest BCUT2D eigenvalue weighted by atomic mass is 16.6. The number of amides is 2. The third-order valence-electron chi connectivity index (χ3n) is 5.84. The van der Waals surface area contributed by atoms with Gasteiger partial charge in [0.2, 0.25) is 5.91 Å². The van der Waals surface area contributed by atoms with Crippen molar-refractivity contribution < 1.29 is 28.6 Å². The number of nitrogens with one attached hydrogen (secondary N) is 1. The number of nitrogens with zero attached hydrogens (tertiary/aromatic N) is 2. The molecule has 9 heteroatoms. The SMILES string of the molecule is CCOC(=O)[C@H]1O[C@@H]1C(=O)N[C@@H](CC(C)C)C(=O)N1CCN(Cc2ccc(OC)cc2)CC1. The molecule has 0 unspecified atom stereocenters. The van der Waals surface area contributed by atoms with Gasteiger partial charge in [-0.1, -0.05) is 26.0 Å². The molecule has 2 aliphatic rings. The van der Waals surface area contributed by atoms with Crippen LogP contribution in [0.2, 0.25) is 0 Å². The maximum absolute atomic E-state index is 13.2.